The zero-order valence-electron chi connectivity index (χ0n) is 11.0. The van der Waals surface area contributed by atoms with Gasteiger partial charge < -0.3 is 10.4 Å². The lowest BCUT2D eigenvalue weighted by Gasteiger charge is -2.24. The van der Waals surface area contributed by atoms with Crippen molar-refractivity contribution in [1.82, 2.24) is 4.98 Å². The molecule has 0 atom stereocenters. The molecule has 0 aliphatic heterocycles. The summed E-state index contributed by atoms with van der Waals surface area (Å²) in [6, 6.07) is 3.84. The molecule has 0 bridgehead atoms. The summed E-state index contributed by atoms with van der Waals surface area (Å²) >= 11 is 1.67. The molecule has 104 valence electrons. The Labute approximate surface area is 118 Å². The highest BCUT2D eigenvalue weighted by Gasteiger charge is 2.20. The van der Waals surface area contributed by atoms with E-state index in [9.17, 15) is 4.79 Å². The van der Waals surface area contributed by atoms with Crippen LogP contribution in [0.5, 0.6) is 0 Å². The SMILES string of the molecule is O=C(CC1CCC1)Nc1cc(CSCCO)ccn1. The van der Waals surface area contributed by atoms with Crippen LogP contribution in [0.15, 0.2) is 18.3 Å². The first-order chi connectivity index (χ1) is 9.28. The molecule has 0 unspecified atom stereocenters. The average molecular weight is 280 g/mol. The number of pyridine rings is 1. The standard InChI is InChI=1S/C14H20N2O2S/c17-6-7-19-10-12-4-5-15-13(8-12)16-14(18)9-11-2-1-3-11/h4-5,8,11,17H,1-3,6-7,9-10H2,(H,15,16,18). The van der Waals surface area contributed by atoms with Gasteiger partial charge in [0, 0.05) is 24.1 Å². The highest BCUT2D eigenvalue weighted by atomic mass is 32.2. The largest absolute Gasteiger partial charge is 0.396 e. The highest BCUT2D eigenvalue weighted by Crippen LogP contribution is 2.29. The molecule has 0 radical (unpaired) electrons. The van der Waals surface area contributed by atoms with E-state index >= 15 is 0 Å². The van der Waals surface area contributed by atoms with Gasteiger partial charge in [-0.25, -0.2) is 4.98 Å². The molecule has 0 saturated heterocycles. The molecule has 4 nitrogen and oxygen atoms in total. The van der Waals surface area contributed by atoms with Crippen molar-refractivity contribution in [3.8, 4) is 0 Å². The number of aromatic nitrogens is 1. The third kappa shape index (κ3) is 4.84. The third-order valence-electron chi connectivity index (χ3n) is 3.30. The summed E-state index contributed by atoms with van der Waals surface area (Å²) in [4.78, 5) is 16.0. The van der Waals surface area contributed by atoms with Gasteiger partial charge in [-0.05, 0) is 36.5 Å². The smallest absolute Gasteiger partial charge is 0.225 e. The third-order valence-corrected chi connectivity index (χ3v) is 4.30. The van der Waals surface area contributed by atoms with E-state index in [4.69, 9.17) is 5.11 Å². The first-order valence-corrected chi connectivity index (χ1v) is 7.87. The topological polar surface area (TPSA) is 62.2 Å². The fraction of sp³-hybridized carbons (Fsp3) is 0.571. The van der Waals surface area contributed by atoms with Crippen molar-refractivity contribution in [2.45, 2.75) is 31.4 Å². The number of nitrogens with zero attached hydrogens (tertiary/aromatic N) is 1. The molecule has 1 heterocycles. The van der Waals surface area contributed by atoms with Crippen LogP contribution in [-0.2, 0) is 10.5 Å². The van der Waals surface area contributed by atoms with Gasteiger partial charge in [-0.2, -0.15) is 11.8 Å². The number of aliphatic hydroxyl groups excluding tert-OH is 1. The summed E-state index contributed by atoms with van der Waals surface area (Å²) in [5, 5.41) is 11.6. The second-order valence-electron chi connectivity index (χ2n) is 4.87. The van der Waals surface area contributed by atoms with Crippen molar-refractivity contribution in [2.24, 2.45) is 5.92 Å². The van der Waals surface area contributed by atoms with Gasteiger partial charge in [0.05, 0.1) is 6.61 Å². The van der Waals surface area contributed by atoms with Crippen molar-refractivity contribution in [3.05, 3.63) is 23.9 Å². The monoisotopic (exact) mass is 280 g/mol. The predicted molar refractivity (Wildman–Crippen MR) is 78.1 cm³/mol. The molecule has 1 aromatic rings. The van der Waals surface area contributed by atoms with Crippen molar-refractivity contribution in [3.63, 3.8) is 0 Å². The minimum atomic E-state index is 0.0670. The molecular formula is C14H20N2O2S. The zero-order chi connectivity index (χ0) is 13.5. The molecule has 1 aliphatic carbocycles. The summed E-state index contributed by atoms with van der Waals surface area (Å²) in [7, 11) is 0. The van der Waals surface area contributed by atoms with E-state index in [-0.39, 0.29) is 12.5 Å². The van der Waals surface area contributed by atoms with Crippen LogP contribution in [0.3, 0.4) is 0 Å². The Morgan fingerprint density at radius 1 is 1.53 bits per heavy atom. The van der Waals surface area contributed by atoms with Crippen LogP contribution < -0.4 is 5.32 Å². The van der Waals surface area contributed by atoms with Gasteiger partial charge in [-0.1, -0.05) is 6.42 Å². The van der Waals surface area contributed by atoms with Crippen molar-refractivity contribution < 1.29 is 9.90 Å². The lowest BCUT2D eigenvalue weighted by Crippen LogP contribution is -2.21. The van der Waals surface area contributed by atoms with Crippen LogP contribution in [-0.4, -0.2) is 28.4 Å². The van der Waals surface area contributed by atoms with Crippen LogP contribution >= 0.6 is 11.8 Å². The number of amides is 1. The number of carbonyl (C=O) groups is 1. The Kier molecular flexibility index (Phi) is 5.66. The van der Waals surface area contributed by atoms with Crippen molar-refractivity contribution in [1.29, 1.82) is 0 Å². The molecule has 0 aromatic carbocycles. The Morgan fingerprint density at radius 2 is 2.37 bits per heavy atom. The number of carbonyl (C=O) groups excluding carboxylic acids is 1. The Bertz CT molecular complexity index is 422. The van der Waals surface area contributed by atoms with Gasteiger partial charge in [-0.15, -0.1) is 0 Å². The van der Waals surface area contributed by atoms with Crippen LogP contribution in [0.4, 0.5) is 5.82 Å². The van der Waals surface area contributed by atoms with Gasteiger partial charge in [0.2, 0.25) is 5.91 Å². The fourth-order valence-electron chi connectivity index (χ4n) is 2.04. The van der Waals surface area contributed by atoms with Gasteiger partial charge in [0.25, 0.3) is 0 Å². The second-order valence-corrected chi connectivity index (χ2v) is 5.98. The molecule has 1 fully saturated rings. The molecule has 2 rings (SSSR count). The summed E-state index contributed by atoms with van der Waals surface area (Å²) in [5.41, 5.74) is 1.12. The lowest BCUT2D eigenvalue weighted by atomic mass is 9.83. The van der Waals surface area contributed by atoms with Gasteiger partial charge >= 0.3 is 0 Å². The van der Waals surface area contributed by atoms with Crippen molar-refractivity contribution in [2.75, 3.05) is 17.7 Å². The first-order valence-electron chi connectivity index (χ1n) is 6.71. The fourth-order valence-corrected chi connectivity index (χ4v) is 2.73. The molecule has 0 spiro atoms. The van der Waals surface area contributed by atoms with E-state index in [1.807, 2.05) is 12.1 Å². The Morgan fingerprint density at radius 3 is 3.05 bits per heavy atom. The van der Waals surface area contributed by atoms with E-state index in [2.05, 4.69) is 10.3 Å². The van der Waals surface area contributed by atoms with E-state index in [0.29, 0.717) is 18.2 Å². The zero-order valence-corrected chi connectivity index (χ0v) is 11.8. The second kappa shape index (κ2) is 7.50. The Hall–Kier alpha value is -1.07. The van der Waals surface area contributed by atoms with Gasteiger partial charge in [0.1, 0.15) is 5.82 Å². The van der Waals surface area contributed by atoms with E-state index < -0.39 is 0 Å². The summed E-state index contributed by atoms with van der Waals surface area (Å²) in [5.74, 6) is 2.83. The maximum absolute atomic E-state index is 11.8. The number of anilines is 1. The molecule has 1 saturated carbocycles. The molecule has 5 heteroatoms. The molecule has 1 amide bonds. The van der Waals surface area contributed by atoms with Crippen LogP contribution in [0, 0.1) is 5.92 Å². The van der Waals surface area contributed by atoms with E-state index in [1.54, 1.807) is 18.0 Å². The molecule has 1 aromatic heterocycles. The van der Waals surface area contributed by atoms with E-state index in [1.165, 1.54) is 19.3 Å². The minimum absolute atomic E-state index is 0.0670. The predicted octanol–water partition coefficient (Wildman–Crippen LogP) is 2.44. The lowest BCUT2D eigenvalue weighted by molar-refractivity contribution is -0.117. The van der Waals surface area contributed by atoms with E-state index in [0.717, 1.165) is 17.1 Å². The summed E-state index contributed by atoms with van der Waals surface area (Å²) < 4.78 is 0. The minimum Gasteiger partial charge on any atom is -0.396 e. The number of hydrogen-bond acceptors (Lipinski definition) is 4. The number of rotatable bonds is 7. The normalized spacial score (nSPS) is 15.0. The number of aliphatic hydroxyl groups is 1. The maximum atomic E-state index is 11.8. The quantitative estimate of drug-likeness (QED) is 0.753. The van der Waals surface area contributed by atoms with Crippen LogP contribution in [0.25, 0.3) is 0 Å². The molecule has 2 N–H and O–H groups in total. The average Bonchev–Trinajstić information content (AvgIpc) is 2.35. The summed E-state index contributed by atoms with van der Waals surface area (Å²) in [6.45, 7) is 0.195. The number of hydrogen-bond donors (Lipinski definition) is 2. The molecule has 19 heavy (non-hydrogen) atoms. The van der Waals surface area contributed by atoms with Crippen molar-refractivity contribution >= 4 is 23.5 Å². The number of nitrogens with one attached hydrogen (secondary N) is 1. The Balaban J connectivity index is 1.81. The van der Waals surface area contributed by atoms with Crippen LogP contribution in [0.1, 0.15) is 31.2 Å². The van der Waals surface area contributed by atoms with Gasteiger partial charge in [0.15, 0.2) is 0 Å². The van der Waals surface area contributed by atoms with Crippen LogP contribution in [0.2, 0.25) is 0 Å². The van der Waals surface area contributed by atoms with Gasteiger partial charge in [-0.3, -0.25) is 4.79 Å². The maximum Gasteiger partial charge on any atom is 0.225 e. The first kappa shape index (κ1) is 14.3. The summed E-state index contributed by atoms with van der Waals surface area (Å²) in [6.07, 6.45) is 5.95. The number of thioether (sulfide) groups is 1. The highest BCUT2D eigenvalue weighted by molar-refractivity contribution is 7.98. The molecular weight excluding hydrogens is 260 g/mol. The molecule has 1 aliphatic rings.